The summed E-state index contributed by atoms with van der Waals surface area (Å²) in [6, 6.07) is 0. The lowest BCUT2D eigenvalue weighted by Crippen LogP contribution is -3.13. The number of hydrogen-bond acceptors (Lipinski definition) is 2. The summed E-state index contributed by atoms with van der Waals surface area (Å²) in [5.74, 6) is 0. The van der Waals surface area contributed by atoms with Crippen molar-refractivity contribution in [3.63, 3.8) is 0 Å². The number of quaternary nitrogens is 1. The minimum absolute atomic E-state index is 1.12. The highest BCUT2D eigenvalue weighted by Gasteiger charge is 2.02. The zero-order valence-corrected chi connectivity index (χ0v) is 9.45. The van der Waals surface area contributed by atoms with Gasteiger partial charge in [0, 0.05) is 13.1 Å². The molecule has 3 nitrogen and oxygen atoms in total. The van der Waals surface area contributed by atoms with Crippen molar-refractivity contribution in [3.05, 3.63) is 0 Å². The van der Waals surface area contributed by atoms with Crippen molar-refractivity contribution in [2.45, 2.75) is 20.3 Å². The average molecular weight is 188 g/mol. The fourth-order valence-electron chi connectivity index (χ4n) is 1.35. The second-order valence-electron chi connectivity index (χ2n) is 3.46. The molecule has 1 atom stereocenters. The van der Waals surface area contributed by atoms with E-state index in [0.717, 1.165) is 19.6 Å². The van der Waals surface area contributed by atoms with E-state index in [1.165, 1.54) is 26.1 Å². The second-order valence-corrected chi connectivity index (χ2v) is 3.46. The minimum Gasteiger partial charge on any atom is -0.333 e. The van der Waals surface area contributed by atoms with Crippen LogP contribution in [0.3, 0.4) is 0 Å². The summed E-state index contributed by atoms with van der Waals surface area (Å²) < 4.78 is 0. The molecule has 3 heteroatoms. The van der Waals surface area contributed by atoms with E-state index < -0.39 is 0 Å². The van der Waals surface area contributed by atoms with Gasteiger partial charge in [0.15, 0.2) is 0 Å². The van der Waals surface area contributed by atoms with Gasteiger partial charge in [-0.1, -0.05) is 6.92 Å². The Morgan fingerprint density at radius 3 is 2.23 bits per heavy atom. The first-order chi connectivity index (χ1) is 6.35. The number of nitrogens with one attached hydrogen (secondary N) is 3. The van der Waals surface area contributed by atoms with E-state index in [1.54, 1.807) is 4.90 Å². The molecule has 0 aliphatic carbocycles. The lowest BCUT2D eigenvalue weighted by molar-refractivity contribution is -0.895. The van der Waals surface area contributed by atoms with E-state index in [2.05, 4.69) is 24.5 Å². The summed E-state index contributed by atoms with van der Waals surface area (Å²) >= 11 is 0. The van der Waals surface area contributed by atoms with E-state index in [0.29, 0.717) is 0 Å². The molecule has 0 saturated carbocycles. The summed E-state index contributed by atoms with van der Waals surface area (Å²) in [5.41, 5.74) is 0. The van der Waals surface area contributed by atoms with Crippen molar-refractivity contribution in [1.29, 1.82) is 0 Å². The molecule has 0 fully saturated rings. The Bertz CT molecular complexity index is 96.2. The zero-order valence-electron chi connectivity index (χ0n) is 9.45. The molecular weight excluding hydrogens is 162 g/mol. The number of likely N-dealkylation sites (N-methyl/N-ethyl adjacent to an activating group) is 2. The fraction of sp³-hybridized carbons (Fsp3) is 1.00. The summed E-state index contributed by atoms with van der Waals surface area (Å²) in [5, 5.41) is 6.63. The monoisotopic (exact) mass is 188 g/mol. The van der Waals surface area contributed by atoms with Crippen LogP contribution in [0.2, 0.25) is 0 Å². The topological polar surface area (TPSA) is 28.5 Å². The van der Waals surface area contributed by atoms with Crippen molar-refractivity contribution in [1.82, 2.24) is 10.6 Å². The van der Waals surface area contributed by atoms with E-state index >= 15 is 0 Å². The molecule has 0 rings (SSSR count). The summed E-state index contributed by atoms with van der Waals surface area (Å²) in [4.78, 5) is 1.68. The maximum atomic E-state index is 3.44. The molecule has 0 aromatic heterocycles. The third-order valence-electron chi connectivity index (χ3n) is 2.31. The first kappa shape index (κ1) is 12.9. The van der Waals surface area contributed by atoms with Crippen LogP contribution in [0.5, 0.6) is 0 Å². The van der Waals surface area contributed by atoms with E-state index in [-0.39, 0.29) is 0 Å². The van der Waals surface area contributed by atoms with Gasteiger partial charge in [-0.2, -0.15) is 0 Å². The Hall–Kier alpha value is -0.120. The molecule has 0 saturated heterocycles. The summed E-state index contributed by atoms with van der Waals surface area (Å²) in [7, 11) is 2.02. The maximum Gasteiger partial charge on any atom is 0.0898 e. The molecule has 1 unspecified atom stereocenters. The molecule has 0 bridgehead atoms. The van der Waals surface area contributed by atoms with Gasteiger partial charge in [0.2, 0.25) is 0 Å². The molecule has 0 aromatic carbocycles. The van der Waals surface area contributed by atoms with Crippen LogP contribution < -0.4 is 15.5 Å². The average Bonchev–Trinajstić information content (AvgIpc) is 2.17. The first-order valence-electron chi connectivity index (χ1n) is 5.54. The molecule has 0 aromatic rings. The Kier molecular flexibility index (Phi) is 9.87. The van der Waals surface area contributed by atoms with Crippen LogP contribution in [0.25, 0.3) is 0 Å². The van der Waals surface area contributed by atoms with Crippen LogP contribution in [-0.4, -0.2) is 46.3 Å². The summed E-state index contributed by atoms with van der Waals surface area (Å²) in [6.07, 6.45) is 1.23. The van der Waals surface area contributed by atoms with Gasteiger partial charge in [-0.3, -0.25) is 0 Å². The highest BCUT2D eigenvalue weighted by Crippen LogP contribution is 1.66. The van der Waals surface area contributed by atoms with E-state index in [1.807, 2.05) is 7.05 Å². The largest absolute Gasteiger partial charge is 0.333 e. The molecule has 80 valence electrons. The predicted molar refractivity (Wildman–Crippen MR) is 58.3 cm³/mol. The lowest BCUT2D eigenvalue weighted by Gasteiger charge is -2.17. The zero-order chi connectivity index (χ0) is 9.94. The Labute approximate surface area is 82.9 Å². The fourth-order valence-corrected chi connectivity index (χ4v) is 1.35. The third-order valence-corrected chi connectivity index (χ3v) is 2.31. The molecule has 0 aliphatic rings. The van der Waals surface area contributed by atoms with Crippen LogP contribution in [-0.2, 0) is 0 Å². The number of rotatable bonds is 9. The van der Waals surface area contributed by atoms with Crippen LogP contribution in [0.1, 0.15) is 20.3 Å². The van der Waals surface area contributed by atoms with Gasteiger partial charge in [-0.05, 0) is 26.9 Å². The van der Waals surface area contributed by atoms with Gasteiger partial charge >= 0.3 is 0 Å². The van der Waals surface area contributed by atoms with Crippen LogP contribution in [0.4, 0.5) is 0 Å². The van der Waals surface area contributed by atoms with Crippen molar-refractivity contribution in [3.8, 4) is 0 Å². The van der Waals surface area contributed by atoms with Crippen LogP contribution in [0.15, 0.2) is 0 Å². The third kappa shape index (κ3) is 8.22. The minimum atomic E-state index is 1.12. The molecule has 0 spiro atoms. The van der Waals surface area contributed by atoms with Gasteiger partial charge < -0.3 is 15.5 Å². The molecule has 3 N–H and O–H groups in total. The van der Waals surface area contributed by atoms with Crippen molar-refractivity contribution >= 4 is 0 Å². The summed E-state index contributed by atoms with van der Waals surface area (Å²) in [6.45, 7) is 11.6. The molecular formula is C10H26N3+. The molecule has 0 heterocycles. The Morgan fingerprint density at radius 2 is 1.69 bits per heavy atom. The normalized spacial score (nSPS) is 13.2. The van der Waals surface area contributed by atoms with E-state index in [9.17, 15) is 0 Å². The molecule has 13 heavy (non-hydrogen) atoms. The van der Waals surface area contributed by atoms with Crippen LogP contribution >= 0.6 is 0 Å². The Morgan fingerprint density at radius 1 is 1.00 bits per heavy atom. The molecule has 0 radical (unpaired) electrons. The first-order valence-corrected chi connectivity index (χ1v) is 5.54. The van der Waals surface area contributed by atoms with Gasteiger partial charge in [0.25, 0.3) is 0 Å². The number of hydrogen-bond donors (Lipinski definition) is 3. The van der Waals surface area contributed by atoms with Gasteiger partial charge in [0.05, 0.1) is 19.6 Å². The van der Waals surface area contributed by atoms with Crippen molar-refractivity contribution < 1.29 is 4.90 Å². The van der Waals surface area contributed by atoms with E-state index in [4.69, 9.17) is 0 Å². The second kappa shape index (κ2) is 9.96. The Balaban J connectivity index is 3.25. The SMILES string of the molecule is CCCNCC[NH+](CC)CCNC. The smallest absolute Gasteiger partial charge is 0.0898 e. The predicted octanol–water partition coefficient (Wildman–Crippen LogP) is -0.890. The van der Waals surface area contributed by atoms with Crippen molar-refractivity contribution in [2.75, 3.05) is 46.3 Å². The highest BCUT2D eigenvalue weighted by molar-refractivity contribution is 4.43. The van der Waals surface area contributed by atoms with Gasteiger partial charge in [-0.25, -0.2) is 0 Å². The molecule has 0 amide bonds. The lowest BCUT2D eigenvalue weighted by atomic mass is 10.4. The maximum absolute atomic E-state index is 3.44. The standard InChI is InChI=1S/C10H25N3/c1-4-6-12-8-10-13(5-2)9-7-11-3/h11-12H,4-10H2,1-3H3/p+1. The molecule has 0 aliphatic heterocycles. The van der Waals surface area contributed by atoms with Crippen molar-refractivity contribution in [2.24, 2.45) is 0 Å². The van der Waals surface area contributed by atoms with Gasteiger partial charge in [0.1, 0.15) is 0 Å². The van der Waals surface area contributed by atoms with Gasteiger partial charge in [-0.15, -0.1) is 0 Å². The van der Waals surface area contributed by atoms with Crippen LogP contribution in [0, 0.1) is 0 Å². The highest BCUT2D eigenvalue weighted by atomic mass is 15.1. The quantitative estimate of drug-likeness (QED) is 0.410.